The summed E-state index contributed by atoms with van der Waals surface area (Å²) >= 11 is 1.90. The number of aromatic nitrogens is 1. The maximum Gasteiger partial charge on any atom is 0.0727 e. The first-order chi connectivity index (χ1) is 27.3. The molecule has 0 unspecified atom stereocenters. The highest BCUT2D eigenvalue weighted by molar-refractivity contribution is 7.27. The van der Waals surface area contributed by atoms with Crippen LogP contribution in [0, 0.1) is 0 Å². The standard InChI is InChI=1S/C52H34N2S/c1-3-14-35(15-4-1)36-28-30-40(31-29-36)53(41-32-33-43-38(34-41)27-26-37-16-7-8-19-42(37)43)48-24-11-9-20-44(48)45-22-13-23-47-50-52(55-51(45)47)46-21-10-12-25-49(46)54(50)39-17-5-2-6-18-39/h1-34H. The van der Waals surface area contributed by atoms with Crippen LogP contribution in [0.15, 0.2) is 206 Å². The summed E-state index contributed by atoms with van der Waals surface area (Å²) in [5, 5.41) is 7.56. The molecule has 0 saturated carbocycles. The molecule has 0 amide bonds. The van der Waals surface area contributed by atoms with E-state index in [2.05, 4.69) is 216 Å². The Morgan fingerprint density at radius 3 is 1.85 bits per heavy atom. The predicted octanol–water partition coefficient (Wildman–Crippen LogP) is 15.1. The molecule has 0 aliphatic rings. The van der Waals surface area contributed by atoms with Crippen LogP contribution in [-0.4, -0.2) is 4.57 Å². The third-order valence-corrected chi connectivity index (χ3v) is 12.2. The number of anilines is 3. The monoisotopic (exact) mass is 718 g/mol. The summed E-state index contributed by atoms with van der Waals surface area (Å²) in [4.78, 5) is 2.43. The van der Waals surface area contributed by atoms with Crippen molar-refractivity contribution in [2.45, 2.75) is 0 Å². The summed E-state index contributed by atoms with van der Waals surface area (Å²) in [6.45, 7) is 0. The molecular weight excluding hydrogens is 685 g/mol. The fraction of sp³-hybridized carbons (Fsp3) is 0. The second-order valence-electron chi connectivity index (χ2n) is 14.1. The molecule has 2 aromatic heterocycles. The molecule has 2 nitrogen and oxygen atoms in total. The second kappa shape index (κ2) is 12.9. The summed E-state index contributed by atoms with van der Waals surface area (Å²) in [6, 6.07) is 75.0. The predicted molar refractivity (Wildman–Crippen MR) is 237 cm³/mol. The molecule has 55 heavy (non-hydrogen) atoms. The molecule has 0 atom stereocenters. The van der Waals surface area contributed by atoms with Crippen molar-refractivity contribution in [3.63, 3.8) is 0 Å². The van der Waals surface area contributed by atoms with Gasteiger partial charge in [-0.15, -0.1) is 11.3 Å². The van der Waals surface area contributed by atoms with Crippen LogP contribution < -0.4 is 4.90 Å². The van der Waals surface area contributed by atoms with Crippen molar-refractivity contribution in [3.05, 3.63) is 206 Å². The second-order valence-corrected chi connectivity index (χ2v) is 15.1. The molecule has 0 radical (unpaired) electrons. The number of fused-ring (bicyclic) bond motifs is 8. The van der Waals surface area contributed by atoms with Crippen molar-refractivity contribution < 1.29 is 0 Å². The molecule has 0 saturated heterocycles. The SMILES string of the molecule is c1ccc(-c2ccc(N(c3ccc4c(ccc5ccccc54)c3)c3ccccc3-c3cccc4c3sc3c5ccccc5n(-c5ccccc5)c43)cc2)cc1. The van der Waals surface area contributed by atoms with E-state index in [-0.39, 0.29) is 0 Å². The molecule has 0 aliphatic heterocycles. The summed E-state index contributed by atoms with van der Waals surface area (Å²) < 4.78 is 5.05. The van der Waals surface area contributed by atoms with Crippen molar-refractivity contribution in [1.29, 1.82) is 0 Å². The van der Waals surface area contributed by atoms with E-state index < -0.39 is 0 Å². The molecule has 0 aliphatic carbocycles. The van der Waals surface area contributed by atoms with Gasteiger partial charge < -0.3 is 9.47 Å². The van der Waals surface area contributed by atoms with Crippen LogP contribution in [0.4, 0.5) is 17.1 Å². The Morgan fingerprint density at radius 1 is 0.382 bits per heavy atom. The van der Waals surface area contributed by atoms with Gasteiger partial charge in [-0.1, -0.05) is 158 Å². The zero-order chi connectivity index (χ0) is 36.3. The van der Waals surface area contributed by atoms with Crippen LogP contribution >= 0.6 is 11.3 Å². The Morgan fingerprint density at radius 2 is 1.00 bits per heavy atom. The van der Waals surface area contributed by atoms with Gasteiger partial charge in [-0.2, -0.15) is 0 Å². The van der Waals surface area contributed by atoms with Crippen LogP contribution in [0.5, 0.6) is 0 Å². The number of rotatable bonds is 6. The Kier molecular flexibility index (Phi) is 7.39. The first-order valence-corrected chi connectivity index (χ1v) is 19.6. The molecule has 258 valence electrons. The van der Waals surface area contributed by atoms with Crippen LogP contribution in [0.1, 0.15) is 0 Å². The molecule has 2 heterocycles. The normalized spacial score (nSPS) is 11.6. The van der Waals surface area contributed by atoms with Crippen molar-refractivity contribution >= 4 is 81.1 Å². The lowest BCUT2D eigenvalue weighted by Gasteiger charge is -2.28. The van der Waals surface area contributed by atoms with E-state index in [0.29, 0.717) is 0 Å². The molecule has 0 bridgehead atoms. The smallest absolute Gasteiger partial charge is 0.0727 e. The van der Waals surface area contributed by atoms with E-state index in [0.717, 1.165) is 17.1 Å². The van der Waals surface area contributed by atoms with Gasteiger partial charge in [0.2, 0.25) is 0 Å². The van der Waals surface area contributed by atoms with Gasteiger partial charge in [-0.05, 0) is 81.2 Å². The highest BCUT2D eigenvalue weighted by atomic mass is 32.1. The summed E-state index contributed by atoms with van der Waals surface area (Å²) in [5.41, 5.74) is 11.9. The van der Waals surface area contributed by atoms with Crippen molar-refractivity contribution in [2.75, 3.05) is 4.90 Å². The zero-order valence-corrected chi connectivity index (χ0v) is 30.7. The van der Waals surface area contributed by atoms with E-state index in [9.17, 15) is 0 Å². The van der Waals surface area contributed by atoms with Crippen LogP contribution in [0.2, 0.25) is 0 Å². The fourth-order valence-electron chi connectivity index (χ4n) is 8.45. The van der Waals surface area contributed by atoms with Crippen molar-refractivity contribution in [1.82, 2.24) is 4.57 Å². The highest BCUT2D eigenvalue weighted by Crippen LogP contribution is 2.49. The van der Waals surface area contributed by atoms with Gasteiger partial charge in [0.05, 0.1) is 21.4 Å². The van der Waals surface area contributed by atoms with Crippen LogP contribution in [-0.2, 0) is 0 Å². The van der Waals surface area contributed by atoms with Crippen molar-refractivity contribution in [3.8, 4) is 27.9 Å². The number of benzene rings is 9. The van der Waals surface area contributed by atoms with Gasteiger partial charge in [0.15, 0.2) is 0 Å². The topological polar surface area (TPSA) is 8.17 Å². The maximum atomic E-state index is 2.44. The van der Waals surface area contributed by atoms with Gasteiger partial charge in [-0.3, -0.25) is 0 Å². The largest absolute Gasteiger partial charge is 0.310 e. The minimum Gasteiger partial charge on any atom is -0.310 e. The third kappa shape index (κ3) is 5.16. The van der Waals surface area contributed by atoms with E-state index in [4.69, 9.17) is 0 Å². The van der Waals surface area contributed by atoms with Gasteiger partial charge in [0, 0.05) is 43.7 Å². The minimum absolute atomic E-state index is 1.11. The van der Waals surface area contributed by atoms with Crippen molar-refractivity contribution in [2.24, 2.45) is 0 Å². The van der Waals surface area contributed by atoms with Crippen LogP contribution in [0.3, 0.4) is 0 Å². The number of thiophene rings is 1. The Balaban J connectivity index is 1.14. The average molecular weight is 719 g/mol. The lowest BCUT2D eigenvalue weighted by Crippen LogP contribution is -2.11. The zero-order valence-electron chi connectivity index (χ0n) is 29.9. The highest BCUT2D eigenvalue weighted by Gasteiger charge is 2.23. The summed E-state index contributed by atoms with van der Waals surface area (Å²) in [6.07, 6.45) is 0. The third-order valence-electron chi connectivity index (χ3n) is 11.0. The number of para-hydroxylation sites is 3. The lowest BCUT2D eigenvalue weighted by atomic mass is 9.98. The first kappa shape index (κ1) is 31.6. The Bertz CT molecular complexity index is 3190. The number of nitrogens with zero attached hydrogens (tertiary/aromatic N) is 2. The molecule has 0 spiro atoms. The van der Waals surface area contributed by atoms with E-state index in [1.165, 1.54) is 80.7 Å². The van der Waals surface area contributed by atoms with E-state index >= 15 is 0 Å². The molecule has 9 aromatic carbocycles. The number of hydrogen-bond donors (Lipinski definition) is 0. The molecule has 3 heteroatoms. The fourth-order valence-corrected chi connectivity index (χ4v) is 9.79. The Hall–Kier alpha value is -6.94. The van der Waals surface area contributed by atoms with Gasteiger partial charge in [-0.25, -0.2) is 0 Å². The minimum atomic E-state index is 1.11. The quantitative estimate of drug-likeness (QED) is 0.155. The summed E-state index contributed by atoms with van der Waals surface area (Å²) in [5.74, 6) is 0. The van der Waals surface area contributed by atoms with Crippen LogP contribution in [0.25, 0.3) is 80.7 Å². The first-order valence-electron chi connectivity index (χ1n) is 18.8. The van der Waals surface area contributed by atoms with E-state index in [1.807, 2.05) is 11.3 Å². The molecule has 11 aromatic rings. The number of hydrogen-bond acceptors (Lipinski definition) is 2. The summed E-state index contributed by atoms with van der Waals surface area (Å²) in [7, 11) is 0. The molecule has 11 rings (SSSR count). The van der Waals surface area contributed by atoms with Gasteiger partial charge >= 0.3 is 0 Å². The molecule has 0 N–H and O–H groups in total. The lowest BCUT2D eigenvalue weighted by molar-refractivity contribution is 1.19. The van der Waals surface area contributed by atoms with Gasteiger partial charge in [0.25, 0.3) is 0 Å². The molecular formula is C52H34N2S. The maximum absolute atomic E-state index is 2.44. The van der Waals surface area contributed by atoms with Gasteiger partial charge in [0.1, 0.15) is 0 Å². The Labute approximate surface area is 323 Å². The average Bonchev–Trinajstić information content (AvgIpc) is 3.80. The molecule has 0 fully saturated rings. The van der Waals surface area contributed by atoms with E-state index in [1.54, 1.807) is 0 Å².